The second-order valence-corrected chi connectivity index (χ2v) is 7.25. The van der Waals surface area contributed by atoms with Gasteiger partial charge in [0.1, 0.15) is 11.6 Å². The number of benzene rings is 2. The largest absolute Gasteiger partial charge is 0.394 e. The minimum Gasteiger partial charge on any atom is -0.394 e. The molecular formula is C22H24N4O2. The Morgan fingerprint density at radius 2 is 1.79 bits per heavy atom. The fraction of sp³-hybridized carbons (Fsp3) is 0.227. The first-order chi connectivity index (χ1) is 13.4. The molecule has 0 aliphatic carbocycles. The number of rotatable bonds is 6. The van der Waals surface area contributed by atoms with E-state index in [9.17, 15) is 9.90 Å². The second kappa shape index (κ2) is 8.19. The van der Waals surface area contributed by atoms with E-state index in [4.69, 9.17) is 0 Å². The number of amides is 1. The van der Waals surface area contributed by atoms with Crippen LogP contribution in [0.5, 0.6) is 0 Å². The molecule has 3 aromatic rings. The van der Waals surface area contributed by atoms with Crippen LogP contribution in [0.3, 0.4) is 0 Å². The van der Waals surface area contributed by atoms with Crippen molar-refractivity contribution in [3.8, 4) is 11.3 Å². The van der Waals surface area contributed by atoms with Gasteiger partial charge in [-0.3, -0.25) is 4.79 Å². The van der Waals surface area contributed by atoms with Crippen molar-refractivity contribution in [1.82, 2.24) is 15.3 Å². The fourth-order valence-corrected chi connectivity index (χ4v) is 2.69. The monoisotopic (exact) mass is 376 g/mol. The van der Waals surface area contributed by atoms with E-state index in [-0.39, 0.29) is 12.5 Å². The number of aryl methyl sites for hydroxylation is 1. The van der Waals surface area contributed by atoms with Gasteiger partial charge in [-0.2, -0.15) is 0 Å². The van der Waals surface area contributed by atoms with Crippen LogP contribution in [0.15, 0.2) is 60.7 Å². The van der Waals surface area contributed by atoms with Crippen molar-refractivity contribution in [2.45, 2.75) is 26.3 Å². The van der Waals surface area contributed by atoms with E-state index in [1.165, 1.54) is 0 Å². The van der Waals surface area contributed by atoms with Crippen LogP contribution in [-0.2, 0) is 0 Å². The number of aliphatic hydroxyl groups is 1. The summed E-state index contributed by atoms with van der Waals surface area (Å²) in [6.07, 6.45) is 0. The molecule has 0 saturated carbocycles. The third kappa shape index (κ3) is 4.92. The Morgan fingerprint density at radius 3 is 2.50 bits per heavy atom. The first kappa shape index (κ1) is 19.5. The van der Waals surface area contributed by atoms with Gasteiger partial charge in [-0.15, -0.1) is 0 Å². The molecule has 0 atom stereocenters. The molecule has 0 radical (unpaired) electrons. The van der Waals surface area contributed by atoms with Gasteiger partial charge in [0, 0.05) is 22.9 Å². The molecular weight excluding hydrogens is 352 g/mol. The predicted molar refractivity (Wildman–Crippen MR) is 111 cm³/mol. The Hall–Kier alpha value is -3.25. The number of hydrogen-bond acceptors (Lipinski definition) is 5. The lowest BCUT2D eigenvalue weighted by Gasteiger charge is -2.23. The molecule has 6 nitrogen and oxygen atoms in total. The Bertz CT molecular complexity index is 971. The zero-order chi connectivity index (χ0) is 20.1. The third-order valence-electron chi connectivity index (χ3n) is 4.15. The van der Waals surface area contributed by atoms with Crippen molar-refractivity contribution < 1.29 is 9.90 Å². The predicted octanol–water partition coefficient (Wildman–Crippen LogP) is 3.70. The molecule has 0 saturated heterocycles. The van der Waals surface area contributed by atoms with Gasteiger partial charge in [0.2, 0.25) is 0 Å². The van der Waals surface area contributed by atoms with Gasteiger partial charge in [0.05, 0.1) is 17.8 Å². The molecule has 1 aromatic heterocycles. The molecule has 144 valence electrons. The van der Waals surface area contributed by atoms with Crippen LogP contribution < -0.4 is 10.6 Å². The van der Waals surface area contributed by atoms with Crippen molar-refractivity contribution in [2.24, 2.45) is 0 Å². The Kier molecular flexibility index (Phi) is 5.70. The number of nitrogens with zero attached hydrogens (tertiary/aromatic N) is 2. The Labute approximate surface area is 164 Å². The number of carbonyl (C=O) groups excluding carboxylic acids is 1. The second-order valence-electron chi connectivity index (χ2n) is 7.25. The molecule has 0 unspecified atom stereocenters. The maximum Gasteiger partial charge on any atom is 0.251 e. The summed E-state index contributed by atoms with van der Waals surface area (Å²) < 4.78 is 0. The van der Waals surface area contributed by atoms with Crippen LogP contribution in [-0.4, -0.2) is 33.1 Å². The molecule has 0 bridgehead atoms. The quantitative estimate of drug-likeness (QED) is 0.611. The summed E-state index contributed by atoms with van der Waals surface area (Å²) in [7, 11) is 0. The summed E-state index contributed by atoms with van der Waals surface area (Å²) in [6, 6.07) is 18.9. The lowest BCUT2D eigenvalue weighted by Crippen LogP contribution is -2.46. The molecule has 0 aliphatic heterocycles. The van der Waals surface area contributed by atoms with Crippen LogP contribution in [0.25, 0.3) is 11.3 Å². The first-order valence-corrected chi connectivity index (χ1v) is 9.08. The molecule has 1 amide bonds. The van der Waals surface area contributed by atoms with E-state index in [1.807, 2.05) is 49.4 Å². The smallest absolute Gasteiger partial charge is 0.251 e. The van der Waals surface area contributed by atoms with E-state index in [2.05, 4.69) is 20.6 Å². The van der Waals surface area contributed by atoms with Crippen molar-refractivity contribution in [1.29, 1.82) is 0 Å². The maximum atomic E-state index is 12.4. The molecule has 1 heterocycles. The molecule has 6 heteroatoms. The van der Waals surface area contributed by atoms with E-state index >= 15 is 0 Å². The van der Waals surface area contributed by atoms with E-state index < -0.39 is 5.54 Å². The van der Waals surface area contributed by atoms with Gasteiger partial charge in [-0.1, -0.05) is 36.4 Å². The number of aromatic nitrogens is 2. The van der Waals surface area contributed by atoms with Crippen LogP contribution in [0.1, 0.15) is 30.0 Å². The fourth-order valence-electron chi connectivity index (χ4n) is 2.69. The lowest BCUT2D eigenvalue weighted by atomic mass is 10.1. The van der Waals surface area contributed by atoms with Gasteiger partial charge in [0.15, 0.2) is 0 Å². The van der Waals surface area contributed by atoms with Crippen LogP contribution >= 0.6 is 0 Å². The highest BCUT2D eigenvalue weighted by Gasteiger charge is 2.20. The van der Waals surface area contributed by atoms with Crippen LogP contribution in [0.4, 0.5) is 11.5 Å². The highest BCUT2D eigenvalue weighted by molar-refractivity contribution is 5.95. The summed E-state index contributed by atoms with van der Waals surface area (Å²) in [6.45, 7) is 5.24. The summed E-state index contributed by atoms with van der Waals surface area (Å²) in [5, 5.41) is 15.4. The van der Waals surface area contributed by atoms with Crippen molar-refractivity contribution >= 4 is 17.4 Å². The van der Waals surface area contributed by atoms with Gasteiger partial charge < -0.3 is 15.7 Å². The molecule has 0 fully saturated rings. The molecule has 28 heavy (non-hydrogen) atoms. The molecule has 2 aromatic carbocycles. The van der Waals surface area contributed by atoms with Gasteiger partial charge >= 0.3 is 0 Å². The van der Waals surface area contributed by atoms with Gasteiger partial charge in [-0.25, -0.2) is 9.97 Å². The van der Waals surface area contributed by atoms with Gasteiger partial charge in [0.25, 0.3) is 5.91 Å². The highest BCUT2D eigenvalue weighted by atomic mass is 16.3. The summed E-state index contributed by atoms with van der Waals surface area (Å²) in [5.41, 5.74) is 2.39. The van der Waals surface area contributed by atoms with Crippen LogP contribution in [0, 0.1) is 6.92 Å². The summed E-state index contributed by atoms with van der Waals surface area (Å²) in [5.74, 6) is 1.06. The van der Waals surface area contributed by atoms with Crippen LogP contribution in [0.2, 0.25) is 0 Å². The summed E-state index contributed by atoms with van der Waals surface area (Å²) >= 11 is 0. The van der Waals surface area contributed by atoms with E-state index in [0.29, 0.717) is 17.2 Å². The van der Waals surface area contributed by atoms with Crippen molar-refractivity contribution in [3.05, 3.63) is 72.1 Å². The van der Waals surface area contributed by atoms with Crippen molar-refractivity contribution in [3.63, 3.8) is 0 Å². The zero-order valence-corrected chi connectivity index (χ0v) is 16.2. The third-order valence-corrected chi connectivity index (χ3v) is 4.15. The molecule has 3 rings (SSSR count). The highest BCUT2D eigenvalue weighted by Crippen LogP contribution is 2.22. The first-order valence-electron chi connectivity index (χ1n) is 9.08. The average molecular weight is 376 g/mol. The van der Waals surface area contributed by atoms with Crippen molar-refractivity contribution in [2.75, 3.05) is 11.9 Å². The molecule has 0 spiro atoms. The maximum absolute atomic E-state index is 12.4. The van der Waals surface area contributed by atoms with E-state index in [1.54, 1.807) is 32.0 Å². The Morgan fingerprint density at radius 1 is 1.04 bits per heavy atom. The standard InChI is InChI=1S/C22H24N4O2/c1-15-23-19(16-8-5-4-6-9-16)13-20(24-15)25-18-11-7-10-17(12-18)21(28)26-22(2,3)14-27/h4-13,27H,14H2,1-3H3,(H,26,28)(H,23,24,25). The normalized spacial score (nSPS) is 11.1. The summed E-state index contributed by atoms with van der Waals surface area (Å²) in [4.78, 5) is 21.4. The molecule has 3 N–H and O–H groups in total. The Balaban J connectivity index is 1.83. The topological polar surface area (TPSA) is 87.1 Å². The number of nitrogens with one attached hydrogen (secondary N) is 2. The molecule has 0 aliphatic rings. The van der Waals surface area contributed by atoms with E-state index in [0.717, 1.165) is 16.9 Å². The zero-order valence-electron chi connectivity index (χ0n) is 16.2. The number of hydrogen-bond donors (Lipinski definition) is 3. The number of carbonyl (C=O) groups is 1. The minimum absolute atomic E-state index is 0.140. The minimum atomic E-state index is -0.686. The SMILES string of the molecule is Cc1nc(Nc2cccc(C(=O)NC(C)(C)CO)c2)cc(-c2ccccc2)n1. The average Bonchev–Trinajstić information content (AvgIpc) is 2.68. The lowest BCUT2D eigenvalue weighted by molar-refractivity contribution is 0.0869. The number of aliphatic hydroxyl groups excluding tert-OH is 1. The van der Waals surface area contributed by atoms with Gasteiger partial charge in [-0.05, 0) is 39.0 Å². The number of anilines is 2.